The molecule has 110 valence electrons. The molecule has 20 heavy (non-hydrogen) atoms. The van der Waals surface area contributed by atoms with Crippen LogP contribution in [0.3, 0.4) is 0 Å². The maximum atomic E-state index is 12.0. The van der Waals surface area contributed by atoms with E-state index in [4.69, 9.17) is 16.3 Å². The van der Waals surface area contributed by atoms with Crippen LogP contribution >= 0.6 is 11.6 Å². The zero-order valence-corrected chi connectivity index (χ0v) is 12.7. The van der Waals surface area contributed by atoms with Crippen LogP contribution in [-0.2, 0) is 4.79 Å². The third kappa shape index (κ3) is 4.41. The first-order chi connectivity index (χ1) is 9.74. The van der Waals surface area contributed by atoms with E-state index in [0.29, 0.717) is 18.2 Å². The number of halogens is 1. The average Bonchev–Trinajstić information content (AvgIpc) is 3.30. The summed E-state index contributed by atoms with van der Waals surface area (Å²) >= 11 is 5.63. The standard InChI is InChI=1S/C16H22ClNO2/c1-20-14-9-7-13(8-10-14)16(12-5-6-12)18-15(19)4-2-3-11-17/h7-10,12,16H,2-6,11H2,1H3,(H,18,19). The summed E-state index contributed by atoms with van der Waals surface area (Å²) in [6, 6.07) is 8.13. The molecule has 3 nitrogen and oxygen atoms in total. The van der Waals surface area contributed by atoms with E-state index in [-0.39, 0.29) is 11.9 Å². The predicted octanol–water partition coefficient (Wildman–Crippen LogP) is 3.67. The van der Waals surface area contributed by atoms with Gasteiger partial charge in [-0.05, 0) is 49.3 Å². The van der Waals surface area contributed by atoms with Crippen molar-refractivity contribution < 1.29 is 9.53 Å². The summed E-state index contributed by atoms with van der Waals surface area (Å²) in [5.74, 6) is 2.18. The number of nitrogens with one attached hydrogen (secondary N) is 1. The molecule has 1 N–H and O–H groups in total. The SMILES string of the molecule is COc1ccc(C(NC(=O)CCCCCl)C2CC2)cc1. The van der Waals surface area contributed by atoms with Gasteiger partial charge in [0.15, 0.2) is 0 Å². The monoisotopic (exact) mass is 295 g/mol. The molecule has 1 unspecified atom stereocenters. The van der Waals surface area contributed by atoms with Crippen LogP contribution in [0.1, 0.15) is 43.7 Å². The molecule has 0 aromatic heterocycles. The normalized spacial score (nSPS) is 15.7. The first kappa shape index (κ1) is 15.2. The van der Waals surface area contributed by atoms with Crippen molar-refractivity contribution in [2.75, 3.05) is 13.0 Å². The maximum absolute atomic E-state index is 12.0. The number of methoxy groups -OCH3 is 1. The molecule has 2 rings (SSSR count). The molecule has 0 spiro atoms. The topological polar surface area (TPSA) is 38.3 Å². The molecule has 1 aliphatic carbocycles. The highest BCUT2D eigenvalue weighted by Gasteiger charge is 2.33. The highest BCUT2D eigenvalue weighted by atomic mass is 35.5. The van der Waals surface area contributed by atoms with Crippen molar-refractivity contribution in [2.24, 2.45) is 5.92 Å². The van der Waals surface area contributed by atoms with E-state index in [9.17, 15) is 4.79 Å². The van der Waals surface area contributed by atoms with Gasteiger partial charge in [-0.3, -0.25) is 4.79 Å². The van der Waals surface area contributed by atoms with Crippen LogP contribution in [0.2, 0.25) is 0 Å². The third-order valence-corrected chi connectivity index (χ3v) is 3.94. The largest absolute Gasteiger partial charge is 0.497 e. The lowest BCUT2D eigenvalue weighted by atomic mass is 10.0. The smallest absolute Gasteiger partial charge is 0.220 e. The molecule has 1 saturated carbocycles. The van der Waals surface area contributed by atoms with E-state index in [1.165, 1.54) is 18.4 Å². The van der Waals surface area contributed by atoms with E-state index in [1.54, 1.807) is 7.11 Å². The number of carbonyl (C=O) groups is 1. The van der Waals surface area contributed by atoms with Crippen molar-refractivity contribution in [3.63, 3.8) is 0 Å². The van der Waals surface area contributed by atoms with Crippen LogP contribution in [0.4, 0.5) is 0 Å². The van der Waals surface area contributed by atoms with Crippen molar-refractivity contribution in [1.29, 1.82) is 0 Å². The van der Waals surface area contributed by atoms with Crippen LogP contribution in [0.5, 0.6) is 5.75 Å². The Labute approximate surface area is 125 Å². The van der Waals surface area contributed by atoms with Gasteiger partial charge in [0, 0.05) is 12.3 Å². The molecule has 0 saturated heterocycles. The predicted molar refractivity (Wildman–Crippen MR) is 81.2 cm³/mol. The van der Waals surface area contributed by atoms with Crippen LogP contribution < -0.4 is 10.1 Å². The summed E-state index contributed by atoms with van der Waals surface area (Å²) in [6.45, 7) is 0. The molecule has 1 fully saturated rings. The van der Waals surface area contributed by atoms with Gasteiger partial charge in [-0.25, -0.2) is 0 Å². The van der Waals surface area contributed by atoms with Crippen LogP contribution in [0.15, 0.2) is 24.3 Å². The molecule has 4 heteroatoms. The maximum Gasteiger partial charge on any atom is 0.220 e. The van der Waals surface area contributed by atoms with Gasteiger partial charge in [-0.2, -0.15) is 0 Å². The number of hydrogen-bond donors (Lipinski definition) is 1. The summed E-state index contributed by atoms with van der Waals surface area (Å²) in [4.78, 5) is 12.0. The summed E-state index contributed by atoms with van der Waals surface area (Å²) in [6.07, 6.45) is 4.70. The van der Waals surface area contributed by atoms with Gasteiger partial charge < -0.3 is 10.1 Å². The lowest BCUT2D eigenvalue weighted by Gasteiger charge is -2.19. The first-order valence-corrected chi connectivity index (χ1v) is 7.77. The minimum Gasteiger partial charge on any atom is -0.497 e. The molecule has 0 radical (unpaired) electrons. The van der Waals surface area contributed by atoms with E-state index >= 15 is 0 Å². The summed E-state index contributed by atoms with van der Waals surface area (Å²) < 4.78 is 5.17. The lowest BCUT2D eigenvalue weighted by Crippen LogP contribution is -2.29. The summed E-state index contributed by atoms with van der Waals surface area (Å²) in [7, 11) is 1.66. The van der Waals surface area contributed by atoms with Crippen molar-refractivity contribution >= 4 is 17.5 Å². The minimum absolute atomic E-state index is 0.128. The van der Waals surface area contributed by atoms with E-state index in [1.807, 2.05) is 24.3 Å². The quantitative estimate of drug-likeness (QED) is 0.587. The van der Waals surface area contributed by atoms with Gasteiger partial charge in [0.05, 0.1) is 13.2 Å². The van der Waals surface area contributed by atoms with Gasteiger partial charge in [0.2, 0.25) is 5.91 Å². The van der Waals surface area contributed by atoms with E-state index in [0.717, 1.165) is 18.6 Å². The number of unbranched alkanes of at least 4 members (excludes halogenated alkanes) is 1. The van der Waals surface area contributed by atoms with Gasteiger partial charge in [-0.1, -0.05) is 12.1 Å². The fourth-order valence-corrected chi connectivity index (χ4v) is 2.53. The molecule has 1 atom stereocenters. The molecular weight excluding hydrogens is 274 g/mol. The molecule has 0 aliphatic heterocycles. The van der Waals surface area contributed by atoms with Crippen molar-refractivity contribution in [1.82, 2.24) is 5.32 Å². The summed E-state index contributed by atoms with van der Waals surface area (Å²) in [5.41, 5.74) is 1.17. The fourth-order valence-electron chi connectivity index (χ4n) is 2.34. The number of hydrogen-bond acceptors (Lipinski definition) is 2. The third-order valence-electron chi connectivity index (χ3n) is 3.67. The Morgan fingerprint density at radius 3 is 2.60 bits per heavy atom. The second-order valence-corrected chi connectivity index (χ2v) is 5.68. The van der Waals surface area contributed by atoms with Crippen LogP contribution in [-0.4, -0.2) is 18.9 Å². The fraction of sp³-hybridized carbons (Fsp3) is 0.562. The lowest BCUT2D eigenvalue weighted by molar-refractivity contribution is -0.122. The highest BCUT2D eigenvalue weighted by molar-refractivity contribution is 6.17. The van der Waals surface area contributed by atoms with Gasteiger partial charge in [-0.15, -0.1) is 11.6 Å². The average molecular weight is 296 g/mol. The van der Waals surface area contributed by atoms with Crippen molar-refractivity contribution in [3.8, 4) is 5.75 Å². The Morgan fingerprint density at radius 1 is 1.35 bits per heavy atom. The van der Waals surface area contributed by atoms with Crippen LogP contribution in [0.25, 0.3) is 0 Å². The number of amides is 1. The number of benzene rings is 1. The van der Waals surface area contributed by atoms with E-state index < -0.39 is 0 Å². The Hall–Kier alpha value is -1.22. The zero-order valence-electron chi connectivity index (χ0n) is 11.9. The van der Waals surface area contributed by atoms with Gasteiger partial charge in [0.1, 0.15) is 5.75 Å². The van der Waals surface area contributed by atoms with Crippen molar-refractivity contribution in [3.05, 3.63) is 29.8 Å². The zero-order chi connectivity index (χ0) is 14.4. The second kappa shape index (κ2) is 7.53. The van der Waals surface area contributed by atoms with Crippen LogP contribution in [0, 0.1) is 5.92 Å². The Bertz CT molecular complexity index is 429. The Morgan fingerprint density at radius 2 is 2.05 bits per heavy atom. The van der Waals surface area contributed by atoms with Crippen molar-refractivity contribution in [2.45, 2.75) is 38.1 Å². The number of carbonyl (C=O) groups excluding carboxylic acids is 1. The molecule has 1 aromatic rings. The summed E-state index contributed by atoms with van der Waals surface area (Å²) in [5, 5.41) is 3.17. The molecular formula is C16H22ClNO2. The van der Waals surface area contributed by atoms with Gasteiger partial charge in [0.25, 0.3) is 0 Å². The highest BCUT2D eigenvalue weighted by Crippen LogP contribution is 2.41. The number of alkyl halides is 1. The van der Waals surface area contributed by atoms with E-state index in [2.05, 4.69) is 5.32 Å². The molecule has 0 heterocycles. The molecule has 0 bridgehead atoms. The molecule has 1 aliphatic rings. The number of ether oxygens (including phenoxy) is 1. The number of rotatable bonds is 8. The second-order valence-electron chi connectivity index (χ2n) is 5.30. The first-order valence-electron chi connectivity index (χ1n) is 7.24. The van der Waals surface area contributed by atoms with Gasteiger partial charge >= 0.3 is 0 Å². The molecule has 1 aromatic carbocycles. The molecule has 1 amide bonds. The minimum atomic E-state index is 0.128. The Kier molecular flexibility index (Phi) is 5.72. The Balaban J connectivity index is 1.94.